The van der Waals surface area contributed by atoms with Gasteiger partial charge in [0.25, 0.3) is 5.91 Å². The van der Waals surface area contributed by atoms with Crippen molar-refractivity contribution in [3.8, 4) is 11.3 Å². The van der Waals surface area contributed by atoms with Gasteiger partial charge in [0, 0.05) is 36.8 Å². The number of rotatable bonds is 3. The first-order chi connectivity index (χ1) is 17.4. The largest absolute Gasteiger partial charge is 0.465 e. The van der Waals surface area contributed by atoms with Crippen molar-refractivity contribution >= 4 is 23.0 Å². The number of halogens is 3. The molecule has 9 nitrogen and oxygen atoms in total. The number of aryl methyl sites for hydroxylation is 1. The first kappa shape index (κ1) is 25.0. The number of hydrogen-bond donors (Lipinski definition) is 3. The van der Waals surface area contributed by atoms with Gasteiger partial charge < -0.3 is 25.0 Å². The second-order valence-corrected chi connectivity index (χ2v) is 9.85. The monoisotopic (exact) mass is 517 g/mol. The summed E-state index contributed by atoms with van der Waals surface area (Å²) in [6, 6.07) is 5.05. The molecule has 1 fully saturated rings. The van der Waals surface area contributed by atoms with Gasteiger partial charge in [-0.3, -0.25) is 4.79 Å². The van der Waals surface area contributed by atoms with Gasteiger partial charge in [-0.05, 0) is 73.6 Å². The highest BCUT2D eigenvalue weighted by molar-refractivity contribution is 5.86. The van der Waals surface area contributed by atoms with Crippen LogP contribution >= 0.6 is 0 Å². The maximum absolute atomic E-state index is 13.4. The van der Waals surface area contributed by atoms with Crippen molar-refractivity contribution in [1.29, 1.82) is 0 Å². The standard InChI is InChI=1S/C25H26F3N5O4/c1-13-11-29-21-16(13)10-19(30-31-21)15-8-14-5-7-32(22(34)24(2,37)25(26,27)28)12-18(14)17(9-15)20-4-3-6-33(20)23(35)36/h8-11,20,37H,3-7,12H2,1-2H3,(H,29,31)(H,35,36)/t20-,24-/m0/s1. The van der Waals surface area contributed by atoms with Gasteiger partial charge in [-0.15, -0.1) is 10.2 Å². The zero-order chi connectivity index (χ0) is 26.7. The van der Waals surface area contributed by atoms with Crippen LogP contribution in [-0.2, 0) is 17.8 Å². The van der Waals surface area contributed by atoms with Crippen molar-refractivity contribution in [2.24, 2.45) is 0 Å². The van der Waals surface area contributed by atoms with Crippen molar-refractivity contribution in [3.05, 3.63) is 46.6 Å². The van der Waals surface area contributed by atoms with Crippen LogP contribution in [0.25, 0.3) is 22.3 Å². The van der Waals surface area contributed by atoms with Crippen LogP contribution in [0.4, 0.5) is 18.0 Å². The summed E-state index contributed by atoms with van der Waals surface area (Å²) < 4.78 is 40.1. The summed E-state index contributed by atoms with van der Waals surface area (Å²) in [5.41, 5.74) is 1.43. The van der Waals surface area contributed by atoms with Gasteiger partial charge in [0.05, 0.1) is 11.7 Å². The van der Waals surface area contributed by atoms with Crippen LogP contribution in [-0.4, -0.2) is 72.1 Å². The van der Waals surface area contributed by atoms with E-state index in [0.29, 0.717) is 54.3 Å². The van der Waals surface area contributed by atoms with E-state index in [1.807, 2.05) is 25.3 Å². The molecule has 4 heterocycles. The number of carbonyl (C=O) groups is 2. The minimum atomic E-state index is -5.13. The highest BCUT2D eigenvalue weighted by atomic mass is 19.4. The fraction of sp³-hybridized carbons (Fsp3) is 0.440. The van der Waals surface area contributed by atoms with Gasteiger partial charge in [-0.25, -0.2) is 4.79 Å². The van der Waals surface area contributed by atoms with Gasteiger partial charge in [-0.2, -0.15) is 13.2 Å². The molecule has 3 aromatic rings. The van der Waals surface area contributed by atoms with Crippen molar-refractivity contribution < 1.29 is 33.0 Å². The molecule has 37 heavy (non-hydrogen) atoms. The van der Waals surface area contributed by atoms with Crippen LogP contribution in [0.3, 0.4) is 0 Å². The van der Waals surface area contributed by atoms with Crippen molar-refractivity contribution in [2.45, 2.75) is 57.5 Å². The highest BCUT2D eigenvalue weighted by Crippen LogP contribution is 2.40. The maximum Gasteiger partial charge on any atom is 0.426 e. The molecule has 12 heteroatoms. The quantitative estimate of drug-likeness (QED) is 0.484. The summed E-state index contributed by atoms with van der Waals surface area (Å²) in [6.07, 6.45) is -2.97. The SMILES string of the molecule is Cc1c[nH]c2nnc(-c3cc4c(c([C@@H]5CCCN5C(=O)O)c3)CN(C(=O)[C@](C)(O)C(F)(F)F)CC4)cc12. The number of carboxylic acid groups (broad SMARTS) is 1. The third-order valence-corrected chi connectivity index (χ3v) is 7.43. The zero-order valence-electron chi connectivity index (χ0n) is 20.3. The lowest BCUT2D eigenvalue weighted by atomic mass is 9.87. The van der Waals surface area contributed by atoms with Gasteiger partial charge in [0.1, 0.15) is 0 Å². The lowest BCUT2D eigenvalue weighted by Crippen LogP contribution is -2.56. The van der Waals surface area contributed by atoms with Gasteiger partial charge in [0.15, 0.2) is 5.65 Å². The van der Waals surface area contributed by atoms with Crippen LogP contribution in [0.15, 0.2) is 24.4 Å². The summed E-state index contributed by atoms with van der Waals surface area (Å²) in [6.45, 7) is 2.54. The Balaban J connectivity index is 1.60. The maximum atomic E-state index is 13.4. The number of aromatic nitrogens is 3. The second-order valence-electron chi connectivity index (χ2n) is 9.85. The Morgan fingerprint density at radius 3 is 2.62 bits per heavy atom. The van der Waals surface area contributed by atoms with Gasteiger partial charge in [0.2, 0.25) is 5.60 Å². The molecular formula is C25H26F3N5O4. The van der Waals surface area contributed by atoms with E-state index >= 15 is 0 Å². The summed E-state index contributed by atoms with van der Waals surface area (Å²) in [7, 11) is 0. The number of nitrogens with zero attached hydrogens (tertiary/aromatic N) is 4. The molecule has 0 radical (unpaired) electrons. The molecule has 1 aromatic carbocycles. The van der Waals surface area contributed by atoms with E-state index in [9.17, 15) is 33.0 Å². The van der Waals surface area contributed by atoms with E-state index in [1.54, 1.807) is 6.07 Å². The lowest BCUT2D eigenvalue weighted by molar-refractivity contribution is -0.250. The second kappa shape index (κ2) is 8.72. The average Bonchev–Trinajstić information content (AvgIpc) is 3.49. The van der Waals surface area contributed by atoms with Crippen molar-refractivity contribution in [3.63, 3.8) is 0 Å². The Kier molecular flexibility index (Phi) is 5.89. The van der Waals surface area contributed by atoms with Crippen LogP contribution < -0.4 is 0 Å². The number of amides is 2. The molecule has 2 aromatic heterocycles. The number of aromatic amines is 1. The normalized spacial score (nSPS) is 19.7. The third-order valence-electron chi connectivity index (χ3n) is 7.43. The summed E-state index contributed by atoms with van der Waals surface area (Å²) >= 11 is 0. The number of aliphatic hydroxyl groups is 1. The fourth-order valence-corrected chi connectivity index (χ4v) is 5.26. The summed E-state index contributed by atoms with van der Waals surface area (Å²) in [4.78, 5) is 30.0. The Labute approximate surface area is 209 Å². The molecule has 0 spiro atoms. The number of carbonyl (C=O) groups excluding carboxylic acids is 1. The summed E-state index contributed by atoms with van der Waals surface area (Å²) in [5, 5.41) is 29.2. The Morgan fingerprint density at radius 1 is 1.16 bits per heavy atom. The van der Waals surface area contributed by atoms with Crippen LogP contribution in [0.2, 0.25) is 0 Å². The molecule has 5 rings (SSSR count). The lowest BCUT2D eigenvalue weighted by Gasteiger charge is -2.37. The number of nitrogens with one attached hydrogen (secondary N) is 1. The highest BCUT2D eigenvalue weighted by Gasteiger charge is 2.57. The van der Waals surface area contributed by atoms with Crippen molar-refractivity contribution in [2.75, 3.05) is 13.1 Å². The number of H-pyrrole nitrogens is 1. The zero-order valence-corrected chi connectivity index (χ0v) is 20.3. The molecule has 0 bridgehead atoms. The molecule has 2 aliphatic rings. The number of likely N-dealkylation sites (tertiary alicyclic amines) is 1. The molecule has 0 unspecified atom stereocenters. The molecule has 0 aliphatic carbocycles. The van der Waals surface area contributed by atoms with E-state index < -0.39 is 29.8 Å². The third kappa shape index (κ3) is 4.18. The molecular weight excluding hydrogens is 491 g/mol. The molecule has 2 aliphatic heterocycles. The Morgan fingerprint density at radius 2 is 1.92 bits per heavy atom. The van der Waals surface area contributed by atoms with E-state index in [1.165, 1.54) is 4.90 Å². The molecule has 0 saturated carbocycles. The molecule has 196 valence electrons. The first-order valence-corrected chi connectivity index (χ1v) is 11.9. The van der Waals surface area contributed by atoms with E-state index in [2.05, 4.69) is 15.2 Å². The molecule has 2 atom stereocenters. The average molecular weight is 518 g/mol. The van der Waals surface area contributed by atoms with Crippen molar-refractivity contribution in [1.82, 2.24) is 25.0 Å². The van der Waals surface area contributed by atoms with Gasteiger partial charge >= 0.3 is 12.3 Å². The Bertz CT molecular complexity index is 1400. The first-order valence-electron chi connectivity index (χ1n) is 11.9. The molecule has 2 amide bonds. The predicted molar refractivity (Wildman–Crippen MR) is 127 cm³/mol. The number of hydrogen-bond acceptors (Lipinski definition) is 5. The minimum Gasteiger partial charge on any atom is -0.465 e. The minimum absolute atomic E-state index is 0.0180. The van der Waals surface area contributed by atoms with Crippen LogP contribution in [0, 0.1) is 6.92 Å². The Hall–Kier alpha value is -3.67. The van der Waals surface area contributed by atoms with Gasteiger partial charge in [-0.1, -0.05) is 0 Å². The van der Waals surface area contributed by atoms with E-state index in [0.717, 1.165) is 21.4 Å². The number of benzene rings is 1. The van der Waals surface area contributed by atoms with Crippen LogP contribution in [0.1, 0.15) is 48.1 Å². The predicted octanol–water partition coefficient (Wildman–Crippen LogP) is 3.95. The van der Waals surface area contributed by atoms with E-state index in [4.69, 9.17) is 0 Å². The smallest absolute Gasteiger partial charge is 0.426 e. The van der Waals surface area contributed by atoms with E-state index in [-0.39, 0.29) is 19.5 Å². The van der Waals surface area contributed by atoms with Crippen LogP contribution in [0.5, 0.6) is 0 Å². The number of alkyl halides is 3. The molecule has 1 saturated heterocycles. The summed E-state index contributed by atoms with van der Waals surface area (Å²) in [5.74, 6) is -1.43. The topological polar surface area (TPSA) is 123 Å². The number of fused-ring (bicyclic) bond motifs is 2. The molecule has 3 N–H and O–H groups in total. The fourth-order valence-electron chi connectivity index (χ4n) is 5.26.